The highest BCUT2D eigenvalue weighted by Crippen LogP contribution is 2.27. The Morgan fingerprint density at radius 2 is 1.75 bits per heavy atom. The summed E-state index contributed by atoms with van der Waals surface area (Å²) >= 11 is 0. The predicted octanol–water partition coefficient (Wildman–Crippen LogP) is 5.02. The van der Waals surface area contributed by atoms with Crippen molar-refractivity contribution in [2.45, 2.75) is 70.9 Å². The molecule has 3 aromatic rings. The van der Waals surface area contributed by atoms with Gasteiger partial charge in [0.05, 0.1) is 12.8 Å². The second-order valence-electron chi connectivity index (χ2n) is 13.8. The maximum atomic E-state index is 15.6. The van der Waals surface area contributed by atoms with Crippen LogP contribution in [-0.2, 0) is 27.4 Å². The van der Waals surface area contributed by atoms with Crippen LogP contribution in [0.4, 0.5) is 14.9 Å². The van der Waals surface area contributed by atoms with E-state index in [9.17, 15) is 14.4 Å². The summed E-state index contributed by atoms with van der Waals surface area (Å²) in [7, 11) is 1.65. The highest BCUT2D eigenvalue weighted by molar-refractivity contribution is 5.95. The molecule has 2 heterocycles. The number of rotatable bonds is 12. The number of benzene rings is 3. The number of esters is 1. The molecule has 0 aromatic heterocycles. The topological polar surface area (TPSA) is 134 Å². The van der Waals surface area contributed by atoms with Gasteiger partial charge >= 0.3 is 12.1 Å². The lowest BCUT2D eigenvalue weighted by atomic mass is 10.0. The quantitative estimate of drug-likeness (QED) is 0.221. The van der Waals surface area contributed by atoms with E-state index in [1.165, 1.54) is 6.07 Å². The Balaban J connectivity index is 1.18. The van der Waals surface area contributed by atoms with Crippen molar-refractivity contribution in [2.75, 3.05) is 44.7 Å². The molecule has 5 rings (SSSR count). The van der Waals surface area contributed by atoms with E-state index >= 15 is 4.39 Å². The Kier molecular flexibility index (Phi) is 12.9. The van der Waals surface area contributed by atoms with Gasteiger partial charge in [-0.05, 0) is 81.5 Å². The summed E-state index contributed by atoms with van der Waals surface area (Å²) in [6.45, 7) is 8.40. The molecule has 278 valence electrons. The lowest BCUT2D eigenvalue weighted by Gasteiger charge is -2.41. The Labute approximate surface area is 304 Å². The minimum Gasteiger partial charge on any atom is -0.497 e. The number of carbonyl (C=O) groups is 3. The minimum atomic E-state index is -1.24. The van der Waals surface area contributed by atoms with Gasteiger partial charge in [-0.15, -0.1) is 0 Å². The molecule has 1 atom stereocenters. The molecular weight excluding hydrogens is 667 g/mol. The second-order valence-corrected chi connectivity index (χ2v) is 13.8. The number of ether oxygens (including phenoxy) is 3. The normalized spacial score (nSPS) is 15.4. The predicted molar refractivity (Wildman–Crippen MR) is 197 cm³/mol. The van der Waals surface area contributed by atoms with Gasteiger partial charge in [0, 0.05) is 50.9 Å². The lowest BCUT2D eigenvalue weighted by molar-refractivity contribution is -0.157. The molecule has 12 nitrogen and oxygen atoms in total. The zero-order valence-corrected chi connectivity index (χ0v) is 30.3. The molecule has 52 heavy (non-hydrogen) atoms. The van der Waals surface area contributed by atoms with Gasteiger partial charge in [0.15, 0.2) is 5.96 Å². The summed E-state index contributed by atoms with van der Waals surface area (Å²) in [5.74, 6) is -0.169. The number of nitrogens with one attached hydrogen (secondary N) is 3. The zero-order valence-electron chi connectivity index (χ0n) is 30.3. The van der Waals surface area contributed by atoms with Gasteiger partial charge in [-0.2, -0.15) is 0 Å². The number of halogens is 1. The molecule has 0 unspecified atom stereocenters. The van der Waals surface area contributed by atoms with Gasteiger partial charge in [0.2, 0.25) is 0 Å². The first-order chi connectivity index (χ1) is 25.0. The number of piperidine rings is 1. The number of methoxy groups -OCH3 is 1. The van der Waals surface area contributed by atoms with Gasteiger partial charge in [-0.25, -0.2) is 14.0 Å². The summed E-state index contributed by atoms with van der Waals surface area (Å²) in [6.07, 6.45) is 1.74. The van der Waals surface area contributed by atoms with Gasteiger partial charge in [0.1, 0.15) is 29.8 Å². The van der Waals surface area contributed by atoms with Gasteiger partial charge < -0.3 is 40.0 Å². The summed E-state index contributed by atoms with van der Waals surface area (Å²) < 4.78 is 31.6. The first-order valence-electron chi connectivity index (χ1n) is 17.7. The van der Waals surface area contributed by atoms with Crippen molar-refractivity contribution in [2.24, 2.45) is 4.99 Å². The van der Waals surface area contributed by atoms with Crippen LogP contribution in [0.5, 0.6) is 5.75 Å². The van der Waals surface area contributed by atoms with Crippen LogP contribution in [-0.4, -0.2) is 86.3 Å². The van der Waals surface area contributed by atoms with Gasteiger partial charge in [-0.1, -0.05) is 42.5 Å². The third-order valence-corrected chi connectivity index (χ3v) is 8.78. The number of hydrogen-bond donors (Lipinski definition) is 3. The summed E-state index contributed by atoms with van der Waals surface area (Å²) in [5.41, 5.74) is 1.58. The van der Waals surface area contributed by atoms with E-state index < -0.39 is 35.4 Å². The fourth-order valence-corrected chi connectivity index (χ4v) is 6.11. The van der Waals surface area contributed by atoms with Crippen molar-refractivity contribution in [3.05, 3.63) is 95.3 Å². The molecule has 0 saturated carbocycles. The van der Waals surface area contributed by atoms with Crippen molar-refractivity contribution in [1.82, 2.24) is 20.9 Å². The Morgan fingerprint density at radius 1 is 1.02 bits per heavy atom. The van der Waals surface area contributed by atoms with Crippen LogP contribution in [0, 0.1) is 5.82 Å². The van der Waals surface area contributed by atoms with E-state index in [-0.39, 0.29) is 24.8 Å². The first-order valence-corrected chi connectivity index (χ1v) is 17.7. The number of amides is 2. The molecule has 2 amide bonds. The Bertz CT molecular complexity index is 1690. The average molecular weight is 717 g/mol. The molecule has 2 aliphatic rings. The van der Waals surface area contributed by atoms with E-state index in [4.69, 9.17) is 19.2 Å². The summed E-state index contributed by atoms with van der Waals surface area (Å²) in [5, 5.41) is 8.58. The fourth-order valence-electron chi connectivity index (χ4n) is 6.11. The molecule has 2 aliphatic heterocycles. The van der Waals surface area contributed by atoms with E-state index in [2.05, 4.69) is 33.0 Å². The van der Waals surface area contributed by atoms with Crippen LogP contribution in [0.3, 0.4) is 0 Å². The Hall–Kier alpha value is -5.33. The zero-order chi connectivity index (χ0) is 37.1. The number of anilines is 1. The van der Waals surface area contributed by atoms with Crippen molar-refractivity contribution < 1.29 is 33.0 Å². The highest BCUT2D eigenvalue weighted by atomic mass is 19.1. The summed E-state index contributed by atoms with van der Waals surface area (Å²) in [4.78, 5) is 47.7. The number of nitrogens with zero attached hydrogens (tertiary/aromatic N) is 3. The van der Waals surface area contributed by atoms with E-state index in [1.54, 1.807) is 52.1 Å². The number of hydrogen-bond acceptors (Lipinski definition) is 10. The molecule has 0 bridgehead atoms. The molecule has 1 fully saturated rings. The third-order valence-electron chi connectivity index (χ3n) is 8.78. The molecule has 3 aromatic carbocycles. The minimum absolute atomic E-state index is 0.00216. The molecule has 3 N–H and O–H groups in total. The van der Waals surface area contributed by atoms with Crippen LogP contribution in [0.1, 0.15) is 61.5 Å². The van der Waals surface area contributed by atoms with Crippen LogP contribution < -0.4 is 25.6 Å². The molecule has 0 spiro atoms. The number of guanidine groups is 1. The van der Waals surface area contributed by atoms with Gasteiger partial charge in [-0.3, -0.25) is 9.79 Å². The maximum absolute atomic E-state index is 15.6. The number of alkyl carbamates (subject to hydrolysis) is 1. The third kappa shape index (κ3) is 10.8. The van der Waals surface area contributed by atoms with Crippen LogP contribution in [0.25, 0.3) is 0 Å². The molecule has 1 saturated heterocycles. The van der Waals surface area contributed by atoms with Crippen molar-refractivity contribution in [3.8, 4) is 5.75 Å². The average Bonchev–Trinajstić information content (AvgIpc) is 3.15. The van der Waals surface area contributed by atoms with E-state index in [0.717, 1.165) is 55.2 Å². The molecular formula is C39H49FN6O6. The van der Waals surface area contributed by atoms with Crippen molar-refractivity contribution in [1.29, 1.82) is 0 Å². The van der Waals surface area contributed by atoms with Gasteiger partial charge in [0.25, 0.3) is 5.91 Å². The highest BCUT2D eigenvalue weighted by Gasteiger charge is 2.30. The van der Waals surface area contributed by atoms with Crippen molar-refractivity contribution in [3.63, 3.8) is 0 Å². The number of carbonyl (C=O) groups excluding carboxylic acids is 3. The molecule has 13 heteroatoms. The summed E-state index contributed by atoms with van der Waals surface area (Å²) in [6, 6.07) is 20.4. The molecule has 0 radical (unpaired) electrons. The standard InChI is InChI=1S/C39H49FN6O6/c1-39(2,3)52-36(48)33(44-38(49)51-26-28-9-6-5-7-10-28)24-43-35(47)29-13-16-34(32(40)23-29)45-21-17-30(18-22-45)46(37-41-19-8-20-42-37)25-27-11-14-31(50-4)15-12-27/h5-7,9-16,23,30,33H,8,17-22,24-26H2,1-4H3,(H,41,42)(H,43,47)(H,44,49)/t33-/m0/s1. The van der Waals surface area contributed by atoms with Crippen LogP contribution >= 0.6 is 0 Å². The fraction of sp³-hybridized carbons (Fsp3) is 0.436. The van der Waals surface area contributed by atoms with E-state index in [0.29, 0.717) is 25.3 Å². The van der Waals surface area contributed by atoms with Crippen molar-refractivity contribution >= 4 is 29.6 Å². The first kappa shape index (κ1) is 37.9. The maximum Gasteiger partial charge on any atom is 0.408 e. The Morgan fingerprint density at radius 3 is 2.38 bits per heavy atom. The second kappa shape index (κ2) is 17.7. The van der Waals surface area contributed by atoms with E-state index in [1.807, 2.05) is 35.2 Å². The van der Waals surface area contributed by atoms with Crippen LogP contribution in [0.15, 0.2) is 77.8 Å². The molecule has 0 aliphatic carbocycles. The largest absolute Gasteiger partial charge is 0.497 e. The van der Waals surface area contributed by atoms with Crippen LogP contribution in [0.2, 0.25) is 0 Å². The number of aliphatic imine (C=N–C) groups is 1. The SMILES string of the molecule is COc1ccc(CN(C2=NCCCN2)C2CCN(c3ccc(C(=O)NC[C@H](NC(=O)OCc4ccccc4)C(=O)OC(C)(C)C)cc3F)CC2)cc1. The monoisotopic (exact) mass is 716 g/mol. The lowest BCUT2D eigenvalue weighted by Crippen LogP contribution is -2.52. The smallest absolute Gasteiger partial charge is 0.408 e.